The second-order valence-electron chi connectivity index (χ2n) is 8.25. The second kappa shape index (κ2) is 9.39. The highest BCUT2D eigenvalue weighted by molar-refractivity contribution is 5.83. The van der Waals surface area contributed by atoms with Crippen molar-refractivity contribution in [3.8, 4) is 11.5 Å². The van der Waals surface area contributed by atoms with E-state index in [9.17, 15) is 9.90 Å². The lowest BCUT2D eigenvalue weighted by atomic mass is 10.1. The number of nitrogens with one attached hydrogen (secondary N) is 3. The average molecular weight is 473 g/mol. The van der Waals surface area contributed by atoms with E-state index in [0.717, 1.165) is 11.1 Å². The molecule has 0 fully saturated rings. The van der Waals surface area contributed by atoms with E-state index in [4.69, 9.17) is 4.42 Å². The van der Waals surface area contributed by atoms with Crippen LogP contribution in [-0.4, -0.2) is 41.7 Å². The van der Waals surface area contributed by atoms with Crippen LogP contribution >= 0.6 is 0 Å². The maximum atomic E-state index is 12.2. The van der Waals surface area contributed by atoms with Gasteiger partial charge in [-0.15, -0.1) is 10.2 Å². The molecule has 0 saturated heterocycles. The number of aromatic nitrogens is 6. The van der Waals surface area contributed by atoms with Crippen LogP contribution in [0.4, 0.5) is 17.5 Å². The SMILES string of the molecule is CC(C)n1[nH]c(=O)c2ccc(Nc3ncc(-c4nnco4)c(N[C@H](CO)c4ccccc4)n3)cc21. The average Bonchev–Trinajstić information content (AvgIpc) is 3.51. The zero-order valence-corrected chi connectivity index (χ0v) is 19.1. The second-order valence-corrected chi connectivity index (χ2v) is 8.25. The molecule has 0 radical (unpaired) electrons. The van der Waals surface area contributed by atoms with Crippen LogP contribution in [0, 0.1) is 0 Å². The van der Waals surface area contributed by atoms with Crippen LogP contribution in [-0.2, 0) is 0 Å². The van der Waals surface area contributed by atoms with Crippen LogP contribution in [0.25, 0.3) is 22.4 Å². The van der Waals surface area contributed by atoms with Crippen LogP contribution in [0.15, 0.2) is 70.3 Å². The van der Waals surface area contributed by atoms with Crippen LogP contribution in [0.3, 0.4) is 0 Å². The lowest BCUT2D eigenvalue weighted by molar-refractivity contribution is 0.276. The molecule has 11 nitrogen and oxygen atoms in total. The van der Waals surface area contributed by atoms with Gasteiger partial charge >= 0.3 is 0 Å². The molecule has 2 aromatic carbocycles. The van der Waals surface area contributed by atoms with Crippen LogP contribution in [0.5, 0.6) is 0 Å². The first-order chi connectivity index (χ1) is 17.0. The summed E-state index contributed by atoms with van der Waals surface area (Å²) < 4.78 is 7.18. The summed E-state index contributed by atoms with van der Waals surface area (Å²) in [4.78, 5) is 21.3. The molecule has 0 aliphatic carbocycles. The van der Waals surface area contributed by atoms with Gasteiger partial charge in [-0.2, -0.15) is 4.98 Å². The highest BCUT2D eigenvalue weighted by Crippen LogP contribution is 2.29. The van der Waals surface area contributed by atoms with Crippen LogP contribution in [0.1, 0.15) is 31.5 Å². The fourth-order valence-corrected chi connectivity index (χ4v) is 3.85. The Bertz CT molecular complexity index is 1490. The van der Waals surface area contributed by atoms with E-state index in [1.165, 1.54) is 6.39 Å². The molecule has 0 bridgehead atoms. The lowest BCUT2D eigenvalue weighted by Crippen LogP contribution is -2.17. The third-order valence-corrected chi connectivity index (χ3v) is 5.57. The predicted octanol–water partition coefficient (Wildman–Crippen LogP) is 3.64. The lowest BCUT2D eigenvalue weighted by Gasteiger charge is -2.19. The number of nitrogens with zero attached hydrogens (tertiary/aromatic N) is 5. The van der Waals surface area contributed by atoms with E-state index in [0.29, 0.717) is 28.4 Å². The van der Waals surface area contributed by atoms with Crippen molar-refractivity contribution in [1.82, 2.24) is 29.9 Å². The van der Waals surface area contributed by atoms with Gasteiger partial charge in [0, 0.05) is 17.9 Å². The molecular weight excluding hydrogens is 448 g/mol. The summed E-state index contributed by atoms with van der Waals surface area (Å²) in [5.41, 5.74) is 2.74. The first-order valence-electron chi connectivity index (χ1n) is 11.1. The van der Waals surface area contributed by atoms with Gasteiger partial charge in [0.2, 0.25) is 12.3 Å². The molecule has 3 aromatic heterocycles. The Labute approximate surface area is 199 Å². The summed E-state index contributed by atoms with van der Waals surface area (Å²) >= 11 is 0. The van der Waals surface area contributed by atoms with Crippen molar-refractivity contribution in [1.29, 1.82) is 0 Å². The number of aromatic amines is 1. The molecule has 11 heteroatoms. The summed E-state index contributed by atoms with van der Waals surface area (Å²) in [6.07, 6.45) is 2.80. The molecule has 5 aromatic rings. The third kappa shape index (κ3) is 4.49. The Morgan fingerprint density at radius 1 is 1.17 bits per heavy atom. The Balaban J connectivity index is 1.51. The molecule has 0 spiro atoms. The van der Waals surface area contributed by atoms with Gasteiger partial charge in [-0.05, 0) is 37.6 Å². The third-order valence-electron chi connectivity index (χ3n) is 5.57. The Morgan fingerprint density at radius 3 is 2.71 bits per heavy atom. The van der Waals surface area contributed by atoms with Crippen molar-refractivity contribution in [3.63, 3.8) is 0 Å². The Kier molecular flexibility index (Phi) is 5.98. The predicted molar refractivity (Wildman–Crippen MR) is 131 cm³/mol. The molecule has 3 heterocycles. The van der Waals surface area contributed by atoms with Crippen molar-refractivity contribution < 1.29 is 9.52 Å². The molecule has 4 N–H and O–H groups in total. The summed E-state index contributed by atoms with van der Waals surface area (Å²) in [5, 5.41) is 27.7. The van der Waals surface area contributed by atoms with Crippen molar-refractivity contribution in [2.75, 3.05) is 17.2 Å². The fourth-order valence-electron chi connectivity index (χ4n) is 3.85. The molecule has 0 aliphatic rings. The van der Waals surface area contributed by atoms with Gasteiger partial charge < -0.3 is 20.2 Å². The molecule has 0 aliphatic heterocycles. The fraction of sp³-hybridized carbons (Fsp3) is 0.208. The van der Waals surface area contributed by atoms with Gasteiger partial charge in [0.1, 0.15) is 5.82 Å². The van der Waals surface area contributed by atoms with Gasteiger partial charge in [-0.1, -0.05) is 30.3 Å². The van der Waals surface area contributed by atoms with Gasteiger partial charge in [-0.3, -0.25) is 14.6 Å². The molecule has 178 valence electrons. The molecule has 0 unspecified atom stereocenters. The maximum Gasteiger partial charge on any atom is 0.271 e. The first-order valence-corrected chi connectivity index (χ1v) is 11.1. The van der Waals surface area contributed by atoms with Crippen molar-refractivity contribution in [2.24, 2.45) is 0 Å². The molecular formula is C24H24N8O3. The number of hydrogen-bond acceptors (Lipinski definition) is 9. The summed E-state index contributed by atoms with van der Waals surface area (Å²) in [6.45, 7) is 3.84. The molecule has 1 atom stereocenters. The minimum Gasteiger partial charge on any atom is -0.423 e. The number of benzene rings is 2. The summed E-state index contributed by atoms with van der Waals surface area (Å²) in [7, 11) is 0. The highest BCUT2D eigenvalue weighted by Gasteiger charge is 2.19. The van der Waals surface area contributed by atoms with Crippen LogP contribution in [0.2, 0.25) is 0 Å². The standard InChI is InChI=1S/C24H24N8O3/c1-14(2)32-20-10-16(8-9-17(20)22(34)31-32)27-24-25-11-18(23-30-26-13-35-23)21(29-24)28-19(12-33)15-6-4-3-5-7-15/h3-11,13-14,19,33H,12H2,1-2H3,(H,31,34)(H2,25,27,28,29)/t19-/m1/s1. The topological polar surface area (TPSA) is 147 Å². The normalized spacial score (nSPS) is 12.2. The quantitative estimate of drug-likeness (QED) is 0.266. The number of aliphatic hydroxyl groups is 1. The van der Waals surface area contributed by atoms with E-state index >= 15 is 0 Å². The number of rotatable bonds is 8. The minimum atomic E-state index is -0.419. The van der Waals surface area contributed by atoms with E-state index in [2.05, 4.69) is 35.9 Å². The summed E-state index contributed by atoms with van der Waals surface area (Å²) in [5.74, 6) is 0.976. The molecule has 0 saturated carbocycles. The Morgan fingerprint density at radius 2 is 2.00 bits per heavy atom. The number of anilines is 3. The van der Waals surface area contributed by atoms with Gasteiger partial charge in [-0.25, -0.2) is 4.98 Å². The highest BCUT2D eigenvalue weighted by atomic mass is 16.4. The molecule has 0 amide bonds. The van der Waals surface area contributed by atoms with E-state index < -0.39 is 6.04 Å². The minimum absolute atomic E-state index is 0.0876. The van der Waals surface area contributed by atoms with Crippen molar-refractivity contribution in [3.05, 3.63) is 77.0 Å². The Hall–Kier alpha value is -4.51. The van der Waals surface area contributed by atoms with Crippen molar-refractivity contribution in [2.45, 2.75) is 25.9 Å². The van der Waals surface area contributed by atoms with E-state index in [1.54, 1.807) is 18.3 Å². The number of fused-ring (bicyclic) bond motifs is 1. The smallest absolute Gasteiger partial charge is 0.271 e. The molecule has 35 heavy (non-hydrogen) atoms. The number of aliphatic hydroxyl groups excluding tert-OH is 1. The maximum absolute atomic E-state index is 12.2. The van der Waals surface area contributed by atoms with E-state index in [1.807, 2.05) is 54.9 Å². The van der Waals surface area contributed by atoms with Gasteiger partial charge in [0.15, 0.2) is 0 Å². The number of H-pyrrole nitrogens is 1. The molecule has 5 rings (SSSR count). The first kappa shape index (κ1) is 22.3. The van der Waals surface area contributed by atoms with Gasteiger partial charge in [0.25, 0.3) is 11.4 Å². The zero-order valence-electron chi connectivity index (χ0n) is 19.1. The van der Waals surface area contributed by atoms with Crippen molar-refractivity contribution >= 4 is 28.4 Å². The number of hydrogen-bond donors (Lipinski definition) is 4. The van der Waals surface area contributed by atoms with E-state index in [-0.39, 0.29) is 24.1 Å². The van der Waals surface area contributed by atoms with Gasteiger partial charge in [0.05, 0.1) is 29.1 Å². The monoisotopic (exact) mass is 472 g/mol. The summed E-state index contributed by atoms with van der Waals surface area (Å²) in [6, 6.07) is 14.6. The zero-order chi connectivity index (χ0) is 24.4. The van der Waals surface area contributed by atoms with Crippen LogP contribution < -0.4 is 16.2 Å². The largest absolute Gasteiger partial charge is 0.423 e.